The lowest BCUT2D eigenvalue weighted by Gasteiger charge is -2.58. The summed E-state index contributed by atoms with van der Waals surface area (Å²) in [6, 6.07) is 12.9. The number of benzene rings is 2. The van der Waals surface area contributed by atoms with Gasteiger partial charge in [0.2, 0.25) is 5.91 Å². The van der Waals surface area contributed by atoms with Crippen molar-refractivity contribution < 1.29 is 19.1 Å². The number of carbonyl (C=O) groups is 2. The Hall–Kier alpha value is -3.17. The van der Waals surface area contributed by atoms with Crippen LogP contribution in [0.1, 0.15) is 47.7 Å². The molecule has 0 saturated carbocycles. The minimum Gasteiger partial charge on any atom is -0.394 e. The number of hydrogen-bond acceptors (Lipinski definition) is 3. The maximum absolute atomic E-state index is 13.6. The average molecular weight is 435 g/mol. The molecule has 0 aromatic heterocycles. The van der Waals surface area contributed by atoms with Crippen molar-refractivity contribution in [3.05, 3.63) is 71.0 Å². The van der Waals surface area contributed by atoms with Crippen LogP contribution in [0.2, 0.25) is 0 Å². The second kappa shape index (κ2) is 9.13. The molecule has 4 rings (SSSR count). The molecule has 3 atom stereocenters. The Morgan fingerprint density at radius 1 is 1.22 bits per heavy atom. The molecule has 0 bridgehead atoms. The number of aliphatic hydroxyl groups is 1. The van der Waals surface area contributed by atoms with Crippen LogP contribution < -0.4 is 0 Å². The zero-order valence-electron chi connectivity index (χ0n) is 18.3. The zero-order valence-corrected chi connectivity index (χ0v) is 18.3. The molecule has 0 spiro atoms. The third-order valence-electron chi connectivity index (χ3n) is 6.15. The van der Waals surface area contributed by atoms with E-state index in [1.54, 1.807) is 11.0 Å². The highest BCUT2D eigenvalue weighted by Crippen LogP contribution is 2.43. The number of nitrogens with zero attached hydrogens (tertiary/aromatic N) is 2. The van der Waals surface area contributed by atoms with Crippen molar-refractivity contribution in [2.45, 2.75) is 38.3 Å². The molecular formula is C26H27FN2O3. The highest BCUT2D eigenvalue weighted by atomic mass is 19.1. The van der Waals surface area contributed by atoms with Crippen LogP contribution in [0.4, 0.5) is 4.39 Å². The number of halogens is 1. The Morgan fingerprint density at radius 3 is 2.62 bits per heavy atom. The van der Waals surface area contributed by atoms with Crippen LogP contribution >= 0.6 is 0 Å². The lowest BCUT2D eigenvalue weighted by molar-refractivity contribution is -0.159. The van der Waals surface area contributed by atoms with Crippen LogP contribution in [0.25, 0.3) is 0 Å². The molecule has 2 amide bonds. The van der Waals surface area contributed by atoms with Gasteiger partial charge in [-0.05, 0) is 41.8 Å². The van der Waals surface area contributed by atoms with Crippen molar-refractivity contribution in [2.24, 2.45) is 5.92 Å². The summed E-state index contributed by atoms with van der Waals surface area (Å²) in [6.07, 6.45) is 0.839. The van der Waals surface area contributed by atoms with Crippen LogP contribution in [-0.2, 0) is 4.79 Å². The predicted octanol–water partition coefficient (Wildman–Crippen LogP) is 3.03. The molecule has 0 radical (unpaired) electrons. The van der Waals surface area contributed by atoms with Gasteiger partial charge in [0.1, 0.15) is 12.4 Å². The number of rotatable bonds is 4. The first kappa shape index (κ1) is 22.0. The van der Waals surface area contributed by atoms with E-state index in [0.717, 1.165) is 17.5 Å². The first-order valence-electron chi connectivity index (χ1n) is 10.9. The largest absolute Gasteiger partial charge is 0.394 e. The number of fused-ring (bicyclic) bond motifs is 1. The molecule has 2 aromatic rings. The third-order valence-corrected chi connectivity index (χ3v) is 6.15. The molecular weight excluding hydrogens is 407 g/mol. The van der Waals surface area contributed by atoms with Crippen LogP contribution in [0, 0.1) is 23.6 Å². The van der Waals surface area contributed by atoms with Gasteiger partial charge in [-0.15, -0.1) is 0 Å². The van der Waals surface area contributed by atoms with Crippen molar-refractivity contribution >= 4 is 11.8 Å². The van der Waals surface area contributed by atoms with Gasteiger partial charge in [-0.2, -0.15) is 0 Å². The second-order valence-electron chi connectivity index (χ2n) is 8.86. The predicted molar refractivity (Wildman–Crippen MR) is 119 cm³/mol. The molecule has 2 aliphatic heterocycles. The number of carbonyl (C=O) groups excluding carboxylic acids is 2. The van der Waals surface area contributed by atoms with Gasteiger partial charge in [0.05, 0.1) is 18.7 Å². The molecule has 2 heterocycles. The van der Waals surface area contributed by atoms with Crippen LogP contribution in [0.15, 0.2) is 48.5 Å². The number of amides is 2. The van der Waals surface area contributed by atoms with Gasteiger partial charge in [-0.25, -0.2) is 4.39 Å². The number of piperazine rings is 1. The summed E-state index contributed by atoms with van der Waals surface area (Å²) < 4.78 is 13.6. The number of hydrogen-bond donors (Lipinski definition) is 1. The van der Waals surface area contributed by atoms with Crippen molar-refractivity contribution in [2.75, 3.05) is 19.7 Å². The average Bonchev–Trinajstić information content (AvgIpc) is 2.75. The van der Waals surface area contributed by atoms with Gasteiger partial charge in [0.15, 0.2) is 0 Å². The van der Waals surface area contributed by atoms with Gasteiger partial charge in [-0.1, -0.05) is 43.9 Å². The minimum absolute atomic E-state index is 0.0700. The van der Waals surface area contributed by atoms with Crippen molar-refractivity contribution in [1.82, 2.24) is 9.80 Å². The molecule has 1 N–H and O–H groups in total. The van der Waals surface area contributed by atoms with E-state index < -0.39 is 5.82 Å². The molecule has 5 nitrogen and oxygen atoms in total. The standard InChI is InChI=1S/C26H27FN2O3/c1-17(2)5-3-6-18-9-11-19(12-10-18)25-22-14-28(15-24(31)29(22)23(25)16-30)26(32)20-7-4-8-21(27)13-20/h4,7-13,17,22-23,25,30H,5,14-16H2,1-2H3/t22-,23-,25-/m1/s1. The van der Waals surface area contributed by atoms with E-state index in [1.165, 1.54) is 23.1 Å². The summed E-state index contributed by atoms with van der Waals surface area (Å²) in [4.78, 5) is 28.8. The van der Waals surface area contributed by atoms with E-state index in [1.807, 2.05) is 24.3 Å². The molecule has 166 valence electrons. The summed E-state index contributed by atoms with van der Waals surface area (Å²) in [5.41, 5.74) is 2.16. The molecule has 2 aromatic carbocycles. The summed E-state index contributed by atoms with van der Waals surface area (Å²) in [5, 5.41) is 9.94. The Balaban J connectivity index is 1.53. The minimum atomic E-state index is -0.487. The van der Waals surface area contributed by atoms with Crippen molar-refractivity contribution in [1.29, 1.82) is 0 Å². The summed E-state index contributed by atoms with van der Waals surface area (Å²) in [5.74, 6) is 5.74. The first-order valence-corrected chi connectivity index (χ1v) is 10.9. The monoisotopic (exact) mass is 434 g/mol. The molecule has 0 unspecified atom stereocenters. The van der Waals surface area contributed by atoms with E-state index in [-0.39, 0.29) is 48.5 Å². The molecule has 6 heteroatoms. The SMILES string of the molecule is CC(C)CC#Cc1ccc([C@H]2[C@@H](CO)N3C(=O)CN(C(=O)c4cccc(F)c4)C[C@H]23)cc1. The lowest BCUT2D eigenvalue weighted by atomic mass is 9.73. The van der Waals surface area contributed by atoms with Gasteiger partial charge in [-0.3, -0.25) is 9.59 Å². The van der Waals surface area contributed by atoms with Gasteiger partial charge in [0, 0.05) is 30.0 Å². The van der Waals surface area contributed by atoms with Crippen molar-refractivity contribution in [3.8, 4) is 11.8 Å². The van der Waals surface area contributed by atoms with Gasteiger partial charge < -0.3 is 14.9 Å². The van der Waals surface area contributed by atoms with Crippen LogP contribution in [-0.4, -0.2) is 58.5 Å². The lowest BCUT2D eigenvalue weighted by Crippen LogP contribution is -2.73. The van der Waals surface area contributed by atoms with E-state index in [2.05, 4.69) is 25.7 Å². The van der Waals surface area contributed by atoms with Gasteiger partial charge in [0.25, 0.3) is 5.91 Å². The third kappa shape index (κ3) is 4.26. The fraction of sp³-hybridized carbons (Fsp3) is 0.385. The van der Waals surface area contributed by atoms with E-state index >= 15 is 0 Å². The Labute approximate surface area is 187 Å². The zero-order chi connectivity index (χ0) is 22.8. The Bertz CT molecular complexity index is 1070. The van der Waals surface area contributed by atoms with Crippen molar-refractivity contribution in [3.63, 3.8) is 0 Å². The van der Waals surface area contributed by atoms with E-state index in [9.17, 15) is 19.1 Å². The van der Waals surface area contributed by atoms with E-state index in [4.69, 9.17) is 0 Å². The highest BCUT2D eigenvalue weighted by Gasteiger charge is 2.54. The fourth-order valence-electron chi connectivity index (χ4n) is 4.60. The van der Waals surface area contributed by atoms with Crippen LogP contribution in [0.3, 0.4) is 0 Å². The normalized spacial score (nSPS) is 22.2. The molecule has 2 saturated heterocycles. The molecule has 2 fully saturated rings. The quantitative estimate of drug-likeness (QED) is 0.753. The van der Waals surface area contributed by atoms with Crippen LogP contribution in [0.5, 0.6) is 0 Å². The molecule has 0 aliphatic carbocycles. The van der Waals surface area contributed by atoms with E-state index in [0.29, 0.717) is 12.5 Å². The van der Waals surface area contributed by atoms with Gasteiger partial charge >= 0.3 is 0 Å². The summed E-state index contributed by atoms with van der Waals surface area (Å²) >= 11 is 0. The number of aliphatic hydroxyl groups excluding tert-OH is 1. The highest BCUT2D eigenvalue weighted by molar-refractivity contribution is 5.97. The molecule has 32 heavy (non-hydrogen) atoms. The maximum atomic E-state index is 13.6. The first-order chi connectivity index (χ1) is 15.4. The second-order valence-corrected chi connectivity index (χ2v) is 8.86. The Morgan fingerprint density at radius 2 is 1.97 bits per heavy atom. The smallest absolute Gasteiger partial charge is 0.254 e. The topological polar surface area (TPSA) is 60.9 Å². The summed E-state index contributed by atoms with van der Waals surface area (Å²) in [6.45, 7) is 4.39. The summed E-state index contributed by atoms with van der Waals surface area (Å²) in [7, 11) is 0. The fourth-order valence-corrected chi connectivity index (χ4v) is 4.60. The molecule has 2 aliphatic rings. The maximum Gasteiger partial charge on any atom is 0.254 e. The Kier molecular flexibility index (Phi) is 6.29.